The van der Waals surface area contributed by atoms with E-state index in [1.54, 1.807) is 29.7 Å². The molecule has 4 heterocycles. The summed E-state index contributed by atoms with van der Waals surface area (Å²) >= 11 is 3.13. The Morgan fingerprint density at radius 2 is 2.16 bits per heavy atom. The minimum absolute atomic E-state index is 0.0718. The van der Waals surface area contributed by atoms with Crippen molar-refractivity contribution in [2.24, 2.45) is 4.99 Å². The molecule has 0 unspecified atom stereocenters. The van der Waals surface area contributed by atoms with Gasteiger partial charge in [-0.3, -0.25) is 9.98 Å². The maximum atomic E-state index is 12.6. The molecule has 0 fully saturated rings. The highest BCUT2D eigenvalue weighted by Gasteiger charge is 2.28. The molecule has 0 aliphatic carbocycles. The lowest BCUT2D eigenvalue weighted by Crippen LogP contribution is -2.30. The van der Waals surface area contributed by atoms with E-state index in [-0.39, 0.29) is 11.6 Å². The van der Waals surface area contributed by atoms with E-state index in [1.165, 1.54) is 11.3 Å². The molecule has 1 aliphatic rings. The summed E-state index contributed by atoms with van der Waals surface area (Å²) in [5, 5.41) is 3.09. The van der Waals surface area contributed by atoms with Crippen LogP contribution in [-0.2, 0) is 23.1 Å². The third-order valence-corrected chi connectivity index (χ3v) is 6.98. The van der Waals surface area contributed by atoms with Crippen LogP contribution in [0.15, 0.2) is 40.8 Å². The van der Waals surface area contributed by atoms with Gasteiger partial charge in [-0.15, -0.1) is 22.7 Å². The second-order valence-corrected chi connectivity index (χ2v) is 9.37. The predicted molar refractivity (Wildman–Crippen MR) is 100 cm³/mol. The molecular formula is C16H14N4O2S3. The number of thiazole rings is 1. The number of rotatable bonds is 4. The normalized spacial score (nSPS) is 13.7. The molecule has 0 bridgehead atoms. The molecule has 4 rings (SSSR count). The molecule has 1 N–H and O–H groups in total. The van der Waals surface area contributed by atoms with Crippen molar-refractivity contribution in [1.82, 2.24) is 14.7 Å². The average Bonchev–Trinajstić information content (AvgIpc) is 3.32. The Kier molecular flexibility index (Phi) is 4.24. The second-order valence-electron chi connectivity index (χ2n) is 5.46. The summed E-state index contributed by atoms with van der Waals surface area (Å²) in [6, 6.07) is 7.34. The lowest BCUT2D eigenvalue weighted by molar-refractivity contribution is 0.594. The number of thiophene rings is 1. The summed E-state index contributed by atoms with van der Waals surface area (Å²) in [7, 11) is -3.67. The number of aromatic nitrogens is 2. The molecule has 0 radical (unpaired) electrons. The van der Waals surface area contributed by atoms with Gasteiger partial charge in [0.1, 0.15) is 0 Å². The van der Waals surface area contributed by atoms with Gasteiger partial charge < -0.3 is 0 Å². The SMILES string of the molecule is Cc1nc(-c2ccc(CNS(=O)(=O)C3=NCc4ncccc43)s2)cs1. The minimum Gasteiger partial charge on any atom is -0.265 e. The maximum Gasteiger partial charge on any atom is 0.258 e. The highest BCUT2D eigenvalue weighted by molar-refractivity contribution is 8.05. The topological polar surface area (TPSA) is 84.3 Å². The van der Waals surface area contributed by atoms with E-state index < -0.39 is 10.0 Å². The average molecular weight is 391 g/mol. The van der Waals surface area contributed by atoms with Crippen LogP contribution >= 0.6 is 22.7 Å². The Balaban J connectivity index is 1.49. The van der Waals surface area contributed by atoms with Crippen molar-refractivity contribution in [2.45, 2.75) is 20.0 Å². The fourth-order valence-corrected chi connectivity index (χ4v) is 5.42. The summed E-state index contributed by atoms with van der Waals surface area (Å²) in [5.41, 5.74) is 2.21. The van der Waals surface area contributed by atoms with Gasteiger partial charge in [0, 0.05) is 28.6 Å². The summed E-state index contributed by atoms with van der Waals surface area (Å²) in [6.45, 7) is 2.50. The van der Waals surface area contributed by atoms with Gasteiger partial charge >= 0.3 is 0 Å². The van der Waals surface area contributed by atoms with Gasteiger partial charge in [-0.1, -0.05) is 0 Å². The first-order valence-electron chi connectivity index (χ1n) is 7.52. The van der Waals surface area contributed by atoms with Gasteiger partial charge in [0.2, 0.25) is 0 Å². The third-order valence-electron chi connectivity index (χ3n) is 3.72. The first-order chi connectivity index (χ1) is 12.0. The van der Waals surface area contributed by atoms with Crippen LogP contribution < -0.4 is 4.72 Å². The number of hydrogen-bond donors (Lipinski definition) is 1. The Morgan fingerprint density at radius 3 is 2.96 bits per heavy atom. The van der Waals surface area contributed by atoms with E-state index >= 15 is 0 Å². The number of sulfonamides is 1. The van der Waals surface area contributed by atoms with Crippen molar-refractivity contribution in [1.29, 1.82) is 0 Å². The zero-order chi connectivity index (χ0) is 17.4. The van der Waals surface area contributed by atoms with Crippen LogP contribution in [0.25, 0.3) is 10.6 Å². The van der Waals surface area contributed by atoms with Crippen LogP contribution in [0.3, 0.4) is 0 Å². The number of pyridine rings is 1. The first kappa shape index (κ1) is 16.5. The highest BCUT2D eigenvalue weighted by atomic mass is 32.2. The van der Waals surface area contributed by atoms with E-state index in [4.69, 9.17) is 0 Å². The quantitative estimate of drug-likeness (QED) is 0.742. The molecule has 0 aromatic carbocycles. The second kappa shape index (κ2) is 6.41. The molecule has 25 heavy (non-hydrogen) atoms. The van der Waals surface area contributed by atoms with Gasteiger partial charge in [0.05, 0.1) is 27.8 Å². The van der Waals surface area contributed by atoms with Gasteiger partial charge in [-0.25, -0.2) is 18.1 Å². The molecule has 0 atom stereocenters. The number of aryl methyl sites for hydroxylation is 1. The van der Waals surface area contributed by atoms with Crippen LogP contribution in [0.2, 0.25) is 0 Å². The number of aliphatic imine (C=N–C) groups is 1. The Labute approximate surface area is 153 Å². The monoisotopic (exact) mass is 390 g/mol. The van der Waals surface area contributed by atoms with Gasteiger partial charge in [0.15, 0.2) is 5.04 Å². The van der Waals surface area contributed by atoms with Crippen molar-refractivity contribution in [3.8, 4) is 10.6 Å². The Bertz CT molecular complexity index is 1070. The lowest BCUT2D eigenvalue weighted by Gasteiger charge is -2.06. The summed E-state index contributed by atoms with van der Waals surface area (Å²) < 4.78 is 27.8. The molecule has 0 amide bonds. The number of fused-ring (bicyclic) bond motifs is 1. The largest absolute Gasteiger partial charge is 0.265 e. The Morgan fingerprint density at radius 1 is 1.28 bits per heavy atom. The van der Waals surface area contributed by atoms with Crippen LogP contribution in [0.4, 0.5) is 0 Å². The zero-order valence-electron chi connectivity index (χ0n) is 13.3. The zero-order valence-corrected chi connectivity index (χ0v) is 15.7. The van der Waals surface area contributed by atoms with Gasteiger partial charge in [-0.2, -0.15) is 0 Å². The molecule has 6 nitrogen and oxygen atoms in total. The molecule has 9 heteroatoms. The fourth-order valence-electron chi connectivity index (χ4n) is 2.54. The van der Waals surface area contributed by atoms with Crippen LogP contribution in [0, 0.1) is 6.92 Å². The van der Waals surface area contributed by atoms with E-state index in [0.29, 0.717) is 17.8 Å². The van der Waals surface area contributed by atoms with E-state index in [9.17, 15) is 8.42 Å². The van der Waals surface area contributed by atoms with Crippen molar-refractivity contribution in [3.63, 3.8) is 0 Å². The number of nitrogens with one attached hydrogen (secondary N) is 1. The summed E-state index contributed by atoms with van der Waals surface area (Å²) in [4.78, 5) is 14.7. The van der Waals surface area contributed by atoms with Crippen molar-refractivity contribution in [2.75, 3.05) is 0 Å². The maximum absolute atomic E-state index is 12.6. The fraction of sp³-hybridized carbons (Fsp3) is 0.188. The van der Waals surface area contributed by atoms with Crippen molar-refractivity contribution in [3.05, 3.63) is 57.0 Å². The van der Waals surface area contributed by atoms with Gasteiger partial charge in [-0.05, 0) is 31.2 Å². The summed E-state index contributed by atoms with van der Waals surface area (Å²) in [6.07, 6.45) is 1.64. The highest BCUT2D eigenvalue weighted by Crippen LogP contribution is 2.29. The van der Waals surface area contributed by atoms with Crippen molar-refractivity contribution >= 4 is 37.7 Å². The van der Waals surface area contributed by atoms with Gasteiger partial charge in [0.25, 0.3) is 10.0 Å². The molecule has 128 valence electrons. The van der Waals surface area contributed by atoms with E-state index in [2.05, 4.69) is 19.7 Å². The lowest BCUT2D eigenvalue weighted by atomic mass is 10.2. The number of nitrogens with zero attached hydrogens (tertiary/aromatic N) is 3. The van der Waals surface area contributed by atoms with Crippen LogP contribution in [0.1, 0.15) is 21.1 Å². The van der Waals surface area contributed by atoms with Crippen molar-refractivity contribution < 1.29 is 8.42 Å². The van der Waals surface area contributed by atoms with E-state index in [1.807, 2.05) is 24.4 Å². The molecule has 0 saturated carbocycles. The summed E-state index contributed by atoms with van der Waals surface area (Å²) in [5.74, 6) is 0. The standard InChI is InChI=1S/C16H14N4O2S3/c1-10-20-14(9-23-10)15-5-4-11(24-15)7-19-25(21,22)16-12-3-2-6-17-13(12)8-18-16/h2-6,9,19H,7-8H2,1H3. The minimum atomic E-state index is -3.67. The molecule has 0 saturated heterocycles. The van der Waals surface area contributed by atoms with E-state index in [0.717, 1.165) is 20.5 Å². The third kappa shape index (κ3) is 3.28. The van der Waals surface area contributed by atoms with Crippen LogP contribution in [-0.4, -0.2) is 23.4 Å². The molecule has 0 spiro atoms. The molecule has 1 aliphatic heterocycles. The Hall–Kier alpha value is -1.94. The number of hydrogen-bond acceptors (Lipinski definition) is 7. The van der Waals surface area contributed by atoms with Crippen LogP contribution in [0.5, 0.6) is 0 Å². The molecule has 3 aromatic rings. The molecular weight excluding hydrogens is 376 g/mol. The predicted octanol–water partition coefficient (Wildman–Crippen LogP) is 2.95. The smallest absolute Gasteiger partial charge is 0.258 e. The first-order valence-corrected chi connectivity index (χ1v) is 10.7. The molecule has 3 aromatic heterocycles.